The lowest BCUT2D eigenvalue weighted by molar-refractivity contribution is -0.140. The monoisotopic (exact) mass is 493 g/mol. The van der Waals surface area contributed by atoms with Gasteiger partial charge in [-0.3, -0.25) is 9.59 Å². The molecule has 0 fully saturated rings. The number of aryl methyl sites for hydroxylation is 1. The highest BCUT2D eigenvalue weighted by atomic mass is 16.5. The van der Waals surface area contributed by atoms with Crippen LogP contribution in [0.5, 0.6) is 11.5 Å². The molecule has 1 N–H and O–H groups in total. The number of hydrogen-bond acceptors (Lipinski definition) is 6. The average Bonchev–Trinajstić information content (AvgIpc) is 3.18. The van der Waals surface area contributed by atoms with Gasteiger partial charge in [-0.2, -0.15) is 5.10 Å². The van der Waals surface area contributed by atoms with Crippen molar-refractivity contribution in [3.8, 4) is 17.2 Å². The molecule has 36 heavy (non-hydrogen) atoms. The van der Waals surface area contributed by atoms with Crippen LogP contribution in [0.25, 0.3) is 5.69 Å². The van der Waals surface area contributed by atoms with Crippen LogP contribution >= 0.6 is 0 Å². The number of carbonyl (C=O) groups excluding carboxylic acids is 2. The second-order valence-electron chi connectivity index (χ2n) is 8.64. The average molecular weight is 494 g/mol. The van der Waals surface area contributed by atoms with Crippen LogP contribution in [0.1, 0.15) is 65.6 Å². The van der Waals surface area contributed by atoms with Crippen LogP contribution < -0.4 is 14.8 Å². The number of esters is 1. The lowest BCUT2D eigenvalue weighted by atomic mass is 10.1. The standard InChI is InChI=1S/C28H35N3O5/c1-7-16-36-25-14-10-22(17-26(25)34-5)18(2)29-28(33)21-8-11-23(12-9-21)31-20(4)24(19(3)30-31)13-15-27(32)35-6/h8-12,14,17-18H,7,13,15-16H2,1-6H3,(H,29,33). The van der Waals surface area contributed by atoms with E-state index in [-0.39, 0.29) is 17.9 Å². The molecule has 1 aromatic heterocycles. The van der Waals surface area contributed by atoms with Crippen molar-refractivity contribution in [1.82, 2.24) is 15.1 Å². The summed E-state index contributed by atoms with van der Waals surface area (Å²) in [6.45, 7) is 8.50. The molecule has 0 aliphatic carbocycles. The number of carbonyl (C=O) groups is 2. The fourth-order valence-electron chi connectivity index (χ4n) is 4.02. The topological polar surface area (TPSA) is 91.7 Å². The van der Waals surface area contributed by atoms with E-state index in [1.807, 2.05) is 62.7 Å². The maximum Gasteiger partial charge on any atom is 0.305 e. The molecule has 3 aromatic rings. The molecule has 0 aliphatic rings. The molecule has 2 aromatic carbocycles. The van der Waals surface area contributed by atoms with E-state index in [0.717, 1.165) is 34.6 Å². The van der Waals surface area contributed by atoms with Crippen LogP contribution in [-0.2, 0) is 16.0 Å². The fourth-order valence-corrected chi connectivity index (χ4v) is 4.02. The maximum atomic E-state index is 12.9. The van der Waals surface area contributed by atoms with Gasteiger partial charge in [0.05, 0.1) is 38.2 Å². The van der Waals surface area contributed by atoms with Gasteiger partial charge in [-0.1, -0.05) is 13.0 Å². The van der Waals surface area contributed by atoms with Crippen LogP contribution in [0.3, 0.4) is 0 Å². The van der Waals surface area contributed by atoms with Gasteiger partial charge >= 0.3 is 5.97 Å². The molecule has 0 saturated heterocycles. The van der Waals surface area contributed by atoms with Gasteiger partial charge < -0.3 is 19.5 Å². The molecule has 0 saturated carbocycles. The molecule has 0 spiro atoms. The zero-order chi connectivity index (χ0) is 26.2. The van der Waals surface area contributed by atoms with Crippen molar-refractivity contribution in [3.05, 3.63) is 70.5 Å². The number of amides is 1. The number of ether oxygens (including phenoxy) is 3. The van der Waals surface area contributed by atoms with Gasteiger partial charge in [0.2, 0.25) is 0 Å². The SMILES string of the molecule is CCCOc1ccc(C(C)NC(=O)c2ccc(-n3nc(C)c(CCC(=O)OC)c3C)cc2)cc1OC. The number of nitrogens with zero attached hydrogens (tertiary/aromatic N) is 2. The number of hydrogen-bond donors (Lipinski definition) is 1. The minimum atomic E-state index is -0.245. The first-order valence-electron chi connectivity index (χ1n) is 12.1. The molecule has 0 radical (unpaired) electrons. The number of aromatic nitrogens is 2. The van der Waals surface area contributed by atoms with Crippen molar-refractivity contribution in [3.63, 3.8) is 0 Å². The van der Waals surface area contributed by atoms with E-state index in [1.54, 1.807) is 19.2 Å². The van der Waals surface area contributed by atoms with E-state index in [1.165, 1.54) is 7.11 Å². The summed E-state index contributed by atoms with van der Waals surface area (Å²) in [5, 5.41) is 7.67. The highest BCUT2D eigenvalue weighted by Crippen LogP contribution is 2.30. The third kappa shape index (κ3) is 6.24. The molecule has 1 amide bonds. The molecular weight excluding hydrogens is 458 g/mol. The van der Waals surface area contributed by atoms with E-state index in [0.29, 0.717) is 36.5 Å². The Balaban J connectivity index is 1.70. The lowest BCUT2D eigenvalue weighted by Crippen LogP contribution is -2.26. The van der Waals surface area contributed by atoms with Crippen LogP contribution in [0.15, 0.2) is 42.5 Å². The minimum absolute atomic E-state index is 0.175. The van der Waals surface area contributed by atoms with Crippen molar-refractivity contribution in [2.75, 3.05) is 20.8 Å². The zero-order valence-electron chi connectivity index (χ0n) is 21.9. The van der Waals surface area contributed by atoms with Crippen molar-refractivity contribution >= 4 is 11.9 Å². The summed E-state index contributed by atoms with van der Waals surface area (Å²) >= 11 is 0. The first kappa shape index (κ1) is 26.8. The summed E-state index contributed by atoms with van der Waals surface area (Å²) in [6.07, 6.45) is 1.78. The van der Waals surface area contributed by atoms with E-state index in [4.69, 9.17) is 14.2 Å². The molecule has 8 nitrogen and oxygen atoms in total. The summed E-state index contributed by atoms with van der Waals surface area (Å²) in [5.41, 5.74) is 5.17. The van der Waals surface area contributed by atoms with Gasteiger partial charge in [0.1, 0.15) is 0 Å². The Labute approximate surface area is 212 Å². The van der Waals surface area contributed by atoms with E-state index in [9.17, 15) is 9.59 Å². The zero-order valence-corrected chi connectivity index (χ0v) is 21.9. The molecule has 192 valence electrons. The molecule has 8 heteroatoms. The third-order valence-electron chi connectivity index (χ3n) is 6.12. The number of rotatable bonds is 11. The smallest absolute Gasteiger partial charge is 0.305 e. The molecule has 0 bridgehead atoms. The lowest BCUT2D eigenvalue weighted by Gasteiger charge is -2.17. The number of methoxy groups -OCH3 is 2. The van der Waals surface area contributed by atoms with Gasteiger partial charge in [-0.15, -0.1) is 0 Å². The van der Waals surface area contributed by atoms with Crippen molar-refractivity contribution in [2.24, 2.45) is 0 Å². The highest BCUT2D eigenvalue weighted by molar-refractivity contribution is 5.94. The summed E-state index contributed by atoms with van der Waals surface area (Å²) in [6, 6.07) is 12.8. The maximum absolute atomic E-state index is 12.9. The molecule has 1 unspecified atom stereocenters. The second-order valence-corrected chi connectivity index (χ2v) is 8.64. The highest BCUT2D eigenvalue weighted by Gasteiger charge is 2.17. The predicted octanol–water partition coefficient (Wildman–Crippen LogP) is 4.88. The van der Waals surface area contributed by atoms with Gasteiger partial charge in [0.15, 0.2) is 11.5 Å². The van der Waals surface area contributed by atoms with Crippen LogP contribution in [0, 0.1) is 13.8 Å². The Morgan fingerprint density at radius 3 is 2.42 bits per heavy atom. The molecule has 1 heterocycles. The summed E-state index contributed by atoms with van der Waals surface area (Å²) in [4.78, 5) is 24.4. The van der Waals surface area contributed by atoms with Crippen molar-refractivity contribution < 1.29 is 23.8 Å². The summed E-state index contributed by atoms with van der Waals surface area (Å²) < 4.78 is 17.8. The van der Waals surface area contributed by atoms with Crippen molar-refractivity contribution in [2.45, 2.75) is 53.0 Å². The second kappa shape index (κ2) is 12.2. The first-order chi connectivity index (χ1) is 17.3. The summed E-state index contributed by atoms with van der Waals surface area (Å²) in [5.74, 6) is 0.911. The van der Waals surface area contributed by atoms with Crippen LogP contribution in [0.4, 0.5) is 0 Å². The minimum Gasteiger partial charge on any atom is -0.493 e. The van der Waals surface area contributed by atoms with Crippen LogP contribution in [0.2, 0.25) is 0 Å². The largest absolute Gasteiger partial charge is 0.493 e. The number of nitrogens with one attached hydrogen (secondary N) is 1. The fraction of sp³-hybridized carbons (Fsp3) is 0.393. The number of benzene rings is 2. The Hall–Kier alpha value is -3.81. The van der Waals surface area contributed by atoms with Gasteiger partial charge in [0.25, 0.3) is 5.91 Å². The van der Waals surface area contributed by atoms with Gasteiger partial charge in [0, 0.05) is 17.7 Å². The normalized spacial score (nSPS) is 11.6. The predicted molar refractivity (Wildman–Crippen MR) is 138 cm³/mol. The van der Waals surface area contributed by atoms with Crippen LogP contribution in [-0.4, -0.2) is 42.5 Å². The van der Waals surface area contributed by atoms with Gasteiger partial charge in [-0.25, -0.2) is 4.68 Å². The molecule has 1 atom stereocenters. The Morgan fingerprint density at radius 2 is 1.78 bits per heavy atom. The van der Waals surface area contributed by atoms with E-state index in [2.05, 4.69) is 10.4 Å². The Kier molecular flexibility index (Phi) is 9.11. The third-order valence-corrected chi connectivity index (χ3v) is 6.12. The quantitative estimate of drug-likeness (QED) is 0.383. The molecule has 3 rings (SSSR count). The molecule has 0 aliphatic heterocycles. The summed E-state index contributed by atoms with van der Waals surface area (Å²) in [7, 11) is 2.99. The first-order valence-corrected chi connectivity index (χ1v) is 12.1. The van der Waals surface area contributed by atoms with Crippen molar-refractivity contribution in [1.29, 1.82) is 0 Å². The molecular formula is C28H35N3O5. The van der Waals surface area contributed by atoms with E-state index >= 15 is 0 Å². The van der Waals surface area contributed by atoms with Gasteiger partial charge in [-0.05, 0) is 81.1 Å². The Bertz CT molecular complexity index is 1200. The van der Waals surface area contributed by atoms with E-state index < -0.39 is 0 Å². The Morgan fingerprint density at radius 1 is 1.06 bits per heavy atom.